The number of esters is 2. The number of hydrogen-bond donors (Lipinski definition) is 1. The van der Waals surface area contributed by atoms with Crippen LogP contribution in [0.3, 0.4) is 0 Å². The lowest BCUT2D eigenvalue weighted by molar-refractivity contribution is -0.870. The molecule has 0 radical (unpaired) electrons. The summed E-state index contributed by atoms with van der Waals surface area (Å²) in [4.78, 5) is 35.6. The van der Waals surface area contributed by atoms with Gasteiger partial charge in [0.2, 0.25) is 0 Å². The molecule has 0 aromatic rings. The lowest BCUT2D eigenvalue weighted by atomic mass is 10.1. The van der Waals surface area contributed by atoms with Crippen LogP contribution in [0.1, 0.15) is 155 Å². The van der Waals surface area contributed by atoms with E-state index in [1.807, 2.05) is 27.2 Å². The number of carbonyl (C=O) groups excluding carboxylic acids is 2. The van der Waals surface area contributed by atoms with Gasteiger partial charge in [-0.2, -0.15) is 0 Å². The van der Waals surface area contributed by atoms with Crippen molar-refractivity contribution < 1.29 is 42.1 Å². The van der Waals surface area contributed by atoms with Crippen molar-refractivity contribution in [3.8, 4) is 0 Å². The molecule has 0 saturated heterocycles. The summed E-state index contributed by atoms with van der Waals surface area (Å²) in [6.07, 6.45) is 78.5. The number of rotatable bonds is 46. The summed E-state index contributed by atoms with van der Waals surface area (Å²) in [5.74, 6) is -0.926. The highest BCUT2D eigenvalue weighted by Crippen LogP contribution is 2.43. The molecular weight excluding hydrogens is 918 g/mol. The van der Waals surface area contributed by atoms with Crippen LogP contribution in [0.2, 0.25) is 0 Å². The fraction of sp³-hybridized carbons (Fsp3) is 0.516. The Morgan fingerprint density at radius 3 is 1.12 bits per heavy atom. The third-order valence-corrected chi connectivity index (χ3v) is 11.2. The van der Waals surface area contributed by atoms with Gasteiger partial charge in [0.05, 0.1) is 27.7 Å². The Balaban J connectivity index is 4.46. The monoisotopic (exact) mass is 1010 g/mol. The summed E-state index contributed by atoms with van der Waals surface area (Å²) >= 11 is 0. The molecule has 0 fully saturated rings. The van der Waals surface area contributed by atoms with E-state index in [0.717, 1.165) is 116 Å². The summed E-state index contributed by atoms with van der Waals surface area (Å²) in [7, 11) is 1.39. The standard InChI is InChI=1S/C62H96NO8P/c1-6-8-10-12-14-16-18-20-22-24-26-28-30-31-33-35-37-39-41-43-45-47-49-51-53-55-62(65)71-60(59-70-72(66,67)69-57-56-63(3,4)5)58-68-61(64)54-52-50-48-46-44-42-40-38-36-34-32-29-27-25-23-21-19-17-15-13-11-9-7-2/h8-11,14-17,20-23,26-29,31,33-34,36-37,39-40,42-43,45-46,48,60H,6-7,12-13,18-19,24-25,30,32,35,38,41,44,47,49-59H2,1-5H3/p+1/b10-8-,11-9-,16-14-,17-15-,22-20-,23-21-,28-26-,29-27-,33-31-,36-34-,39-37-,42-40-,45-43-,48-46-. The lowest BCUT2D eigenvalue weighted by Crippen LogP contribution is -2.37. The molecule has 0 aliphatic heterocycles. The van der Waals surface area contributed by atoms with Crippen LogP contribution in [0.5, 0.6) is 0 Å². The third-order valence-electron chi connectivity index (χ3n) is 10.2. The minimum atomic E-state index is -4.42. The maximum Gasteiger partial charge on any atom is 0.472 e. The van der Waals surface area contributed by atoms with Crippen molar-refractivity contribution in [3.05, 3.63) is 170 Å². The molecule has 1 N–H and O–H groups in total. The van der Waals surface area contributed by atoms with Crippen molar-refractivity contribution >= 4 is 19.8 Å². The number of quaternary nitrogens is 1. The van der Waals surface area contributed by atoms with Crippen LogP contribution in [-0.2, 0) is 32.7 Å². The molecule has 0 heterocycles. The first-order valence-electron chi connectivity index (χ1n) is 26.9. The largest absolute Gasteiger partial charge is 0.472 e. The third kappa shape index (κ3) is 54.7. The predicted octanol–water partition coefficient (Wildman–Crippen LogP) is 16.7. The highest BCUT2D eigenvalue weighted by Gasteiger charge is 2.27. The Hall–Kier alpha value is -4.63. The molecule has 0 rings (SSSR count). The Labute approximate surface area is 438 Å². The van der Waals surface area contributed by atoms with Crippen molar-refractivity contribution in [1.29, 1.82) is 0 Å². The van der Waals surface area contributed by atoms with Crippen LogP contribution >= 0.6 is 7.82 Å². The lowest BCUT2D eigenvalue weighted by Gasteiger charge is -2.24. The van der Waals surface area contributed by atoms with Crippen LogP contribution in [0.15, 0.2) is 170 Å². The number of likely N-dealkylation sites (N-methyl/N-ethyl adjacent to an activating group) is 1. The fourth-order valence-electron chi connectivity index (χ4n) is 6.16. The molecule has 0 saturated carbocycles. The van der Waals surface area contributed by atoms with E-state index in [9.17, 15) is 19.0 Å². The van der Waals surface area contributed by atoms with Crippen LogP contribution in [0, 0.1) is 0 Å². The first-order chi connectivity index (χ1) is 35.0. The van der Waals surface area contributed by atoms with Gasteiger partial charge >= 0.3 is 19.8 Å². The molecule has 0 aliphatic rings. The van der Waals surface area contributed by atoms with Gasteiger partial charge in [0.25, 0.3) is 0 Å². The smallest absolute Gasteiger partial charge is 0.462 e. The molecule has 0 amide bonds. The van der Waals surface area contributed by atoms with Gasteiger partial charge < -0.3 is 18.9 Å². The van der Waals surface area contributed by atoms with Gasteiger partial charge in [0.15, 0.2) is 6.10 Å². The number of carbonyl (C=O) groups is 2. The quantitative estimate of drug-likeness (QED) is 0.0211. The number of unbranched alkanes of at least 4 members (excludes halogenated alkanes) is 4. The second-order valence-corrected chi connectivity index (χ2v) is 19.6. The van der Waals surface area contributed by atoms with Gasteiger partial charge in [-0.05, 0) is 122 Å². The summed E-state index contributed by atoms with van der Waals surface area (Å²) < 4.78 is 34.4. The highest BCUT2D eigenvalue weighted by molar-refractivity contribution is 7.47. The molecule has 2 atom stereocenters. The van der Waals surface area contributed by atoms with Crippen LogP contribution in [-0.4, -0.2) is 74.9 Å². The number of nitrogens with zero attached hydrogens (tertiary/aromatic N) is 1. The van der Waals surface area contributed by atoms with E-state index in [1.165, 1.54) is 0 Å². The van der Waals surface area contributed by atoms with Crippen molar-refractivity contribution in [2.24, 2.45) is 0 Å². The topological polar surface area (TPSA) is 108 Å². The van der Waals surface area contributed by atoms with Crippen LogP contribution in [0.25, 0.3) is 0 Å². The zero-order chi connectivity index (χ0) is 52.7. The van der Waals surface area contributed by atoms with Gasteiger partial charge in [-0.3, -0.25) is 18.6 Å². The Kier molecular flexibility index (Phi) is 48.0. The van der Waals surface area contributed by atoms with E-state index in [4.69, 9.17) is 18.5 Å². The van der Waals surface area contributed by atoms with E-state index < -0.39 is 32.5 Å². The molecule has 72 heavy (non-hydrogen) atoms. The van der Waals surface area contributed by atoms with Gasteiger partial charge in [0, 0.05) is 12.8 Å². The Morgan fingerprint density at radius 2 is 0.764 bits per heavy atom. The van der Waals surface area contributed by atoms with Gasteiger partial charge in [-0.1, -0.05) is 190 Å². The molecule has 0 aromatic heterocycles. The molecular formula is C62H97NO8P+. The number of hydrogen-bond acceptors (Lipinski definition) is 7. The average Bonchev–Trinajstić information content (AvgIpc) is 3.34. The minimum absolute atomic E-state index is 0.00422. The minimum Gasteiger partial charge on any atom is -0.462 e. The van der Waals surface area contributed by atoms with E-state index >= 15 is 0 Å². The van der Waals surface area contributed by atoms with Gasteiger partial charge in [-0.15, -0.1) is 0 Å². The summed E-state index contributed by atoms with van der Waals surface area (Å²) in [6, 6.07) is 0. The highest BCUT2D eigenvalue weighted by atomic mass is 31.2. The Morgan fingerprint density at radius 1 is 0.431 bits per heavy atom. The van der Waals surface area contributed by atoms with E-state index in [-0.39, 0.29) is 26.1 Å². The van der Waals surface area contributed by atoms with E-state index in [2.05, 4.69) is 178 Å². The Bertz CT molecular complexity index is 1810. The SMILES string of the molecule is CC/C=C\C/C=C\C/C=C\C/C=C\C/C=C\C/C=C\C/C=C\CCCCCC(=O)OC(COC(=O)CCC/C=C\C/C=C\C/C=C\C/C=C\C/C=C\C/C=C\C/C=C\CC)COP(=O)(O)OCC[N+](C)(C)C. The fourth-order valence-corrected chi connectivity index (χ4v) is 6.90. The maximum absolute atomic E-state index is 12.8. The summed E-state index contributed by atoms with van der Waals surface area (Å²) in [5.41, 5.74) is 0. The van der Waals surface area contributed by atoms with Crippen LogP contribution in [0.4, 0.5) is 0 Å². The zero-order valence-electron chi connectivity index (χ0n) is 45.3. The van der Waals surface area contributed by atoms with E-state index in [0.29, 0.717) is 23.9 Å². The summed E-state index contributed by atoms with van der Waals surface area (Å²) in [5, 5.41) is 0. The molecule has 0 bridgehead atoms. The molecule has 0 spiro atoms. The second kappa shape index (κ2) is 51.3. The van der Waals surface area contributed by atoms with Crippen molar-refractivity contribution in [1.82, 2.24) is 0 Å². The van der Waals surface area contributed by atoms with Crippen molar-refractivity contribution in [2.45, 2.75) is 161 Å². The summed E-state index contributed by atoms with van der Waals surface area (Å²) in [6.45, 7) is 4.05. The number of allylic oxidation sites excluding steroid dienone is 28. The second-order valence-electron chi connectivity index (χ2n) is 18.1. The first-order valence-corrected chi connectivity index (χ1v) is 28.4. The maximum atomic E-state index is 12.8. The number of phosphoric acid groups is 1. The molecule has 402 valence electrons. The van der Waals surface area contributed by atoms with E-state index in [1.54, 1.807) is 0 Å². The normalized spacial score (nSPS) is 14.7. The predicted molar refractivity (Wildman–Crippen MR) is 306 cm³/mol. The first kappa shape index (κ1) is 67.4. The number of ether oxygens (including phenoxy) is 2. The average molecular weight is 1020 g/mol. The molecule has 2 unspecified atom stereocenters. The van der Waals surface area contributed by atoms with Crippen LogP contribution < -0.4 is 0 Å². The van der Waals surface area contributed by atoms with Gasteiger partial charge in [0.1, 0.15) is 19.8 Å². The number of phosphoric ester groups is 1. The molecule has 0 aliphatic carbocycles. The van der Waals surface area contributed by atoms with Crippen molar-refractivity contribution in [3.63, 3.8) is 0 Å². The molecule has 9 nitrogen and oxygen atoms in total. The van der Waals surface area contributed by atoms with Gasteiger partial charge in [-0.25, -0.2) is 4.57 Å². The molecule has 10 heteroatoms. The zero-order valence-corrected chi connectivity index (χ0v) is 46.2. The van der Waals surface area contributed by atoms with Crippen molar-refractivity contribution in [2.75, 3.05) is 47.5 Å². The molecule has 0 aromatic carbocycles.